The minimum Gasteiger partial charge on any atom is -0.361 e. The van der Waals surface area contributed by atoms with Crippen molar-refractivity contribution in [3.05, 3.63) is 65.3 Å². The number of H-pyrrole nitrogens is 1. The summed E-state index contributed by atoms with van der Waals surface area (Å²) in [6, 6.07) is 16.7. The van der Waals surface area contributed by atoms with Gasteiger partial charge in [0.25, 0.3) is 5.91 Å². The summed E-state index contributed by atoms with van der Waals surface area (Å²) >= 11 is 1.81. The number of carbonyl (C=O) groups excluding carboxylic acids is 1. The van der Waals surface area contributed by atoms with Crippen molar-refractivity contribution >= 4 is 38.4 Å². The fourth-order valence-corrected chi connectivity index (χ4v) is 5.65. The Morgan fingerprint density at radius 1 is 1.20 bits per heavy atom. The van der Waals surface area contributed by atoms with Crippen LogP contribution in [0.2, 0.25) is 0 Å². The molecule has 154 valence electrons. The highest BCUT2D eigenvalue weighted by atomic mass is 32.1. The van der Waals surface area contributed by atoms with Crippen molar-refractivity contribution < 1.29 is 9.69 Å². The van der Waals surface area contributed by atoms with Crippen molar-refractivity contribution in [2.75, 3.05) is 26.2 Å². The molecule has 1 aliphatic heterocycles. The maximum absolute atomic E-state index is 12.5. The lowest BCUT2D eigenvalue weighted by atomic mass is 9.99. The Morgan fingerprint density at radius 3 is 3.00 bits per heavy atom. The summed E-state index contributed by atoms with van der Waals surface area (Å²) in [4.78, 5) is 22.1. The normalized spacial score (nSPS) is 19.3. The van der Waals surface area contributed by atoms with Crippen LogP contribution in [-0.4, -0.2) is 42.1 Å². The van der Waals surface area contributed by atoms with Gasteiger partial charge in [0.05, 0.1) is 29.2 Å². The first kappa shape index (κ1) is 19.3. The Labute approximate surface area is 180 Å². The van der Waals surface area contributed by atoms with Gasteiger partial charge in [-0.2, -0.15) is 0 Å². The molecule has 1 amide bonds. The van der Waals surface area contributed by atoms with E-state index in [1.54, 1.807) is 0 Å². The van der Waals surface area contributed by atoms with E-state index in [1.165, 1.54) is 32.0 Å². The third kappa shape index (κ3) is 4.11. The van der Waals surface area contributed by atoms with Gasteiger partial charge in [-0.15, -0.1) is 11.3 Å². The van der Waals surface area contributed by atoms with Gasteiger partial charge in [0.1, 0.15) is 5.01 Å². The van der Waals surface area contributed by atoms with Crippen LogP contribution >= 0.6 is 11.3 Å². The number of carbonyl (C=O) groups is 1. The van der Waals surface area contributed by atoms with Crippen LogP contribution in [0.3, 0.4) is 0 Å². The molecule has 5 rings (SSSR count). The van der Waals surface area contributed by atoms with Crippen LogP contribution in [0, 0.1) is 0 Å². The second kappa shape index (κ2) is 8.58. The topological polar surface area (TPSA) is 62.2 Å². The molecule has 2 atom stereocenters. The molecule has 5 nitrogen and oxygen atoms in total. The van der Waals surface area contributed by atoms with Gasteiger partial charge < -0.3 is 15.2 Å². The summed E-state index contributed by atoms with van der Waals surface area (Å²) in [6.45, 7) is 3.29. The standard InChI is InChI=1S/C24H26N4OS/c29-23(25-12-11-17-14-26-20-8-2-1-7-19(17)20)16-28-13-5-6-18(15-28)24-27-21-9-3-4-10-22(21)30-24/h1-4,7-10,14,18,26H,5-6,11-13,15-16H2,(H,25,29)/p+1/t18-/m1/s1. The summed E-state index contributed by atoms with van der Waals surface area (Å²) in [5.74, 6) is 0.611. The van der Waals surface area contributed by atoms with E-state index >= 15 is 0 Å². The number of fused-ring (bicyclic) bond motifs is 2. The number of hydrogen-bond donors (Lipinski definition) is 3. The molecular formula is C24H27N4OS+. The van der Waals surface area contributed by atoms with E-state index in [9.17, 15) is 4.79 Å². The smallest absolute Gasteiger partial charge is 0.275 e. The molecule has 1 unspecified atom stereocenters. The van der Waals surface area contributed by atoms with Crippen molar-refractivity contribution in [2.45, 2.75) is 25.2 Å². The van der Waals surface area contributed by atoms with Gasteiger partial charge in [0.2, 0.25) is 0 Å². The monoisotopic (exact) mass is 419 g/mol. The van der Waals surface area contributed by atoms with E-state index in [4.69, 9.17) is 4.98 Å². The summed E-state index contributed by atoms with van der Waals surface area (Å²) in [7, 11) is 0. The van der Waals surface area contributed by atoms with Crippen molar-refractivity contribution in [1.29, 1.82) is 0 Å². The zero-order valence-electron chi connectivity index (χ0n) is 17.0. The van der Waals surface area contributed by atoms with Crippen LogP contribution in [0.15, 0.2) is 54.7 Å². The maximum Gasteiger partial charge on any atom is 0.275 e. The molecule has 2 aromatic heterocycles. The molecule has 3 heterocycles. The van der Waals surface area contributed by atoms with E-state index in [-0.39, 0.29) is 5.91 Å². The van der Waals surface area contributed by atoms with Gasteiger partial charge in [0, 0.05) is 23.6 Å². The number of nitrogens with zero attached hydrogens (tertiary/aromatic N) is 1. The van der Waals surface area contributed by atoms with Crippen LogP contribution in [0.25, 0.3) is 21.1 Å². The van der Waals surface area contributed by atoms with Crippen molar-refractivity contribution in [2.24, 2.45) is 0 Å². The van der Waals surface area contributed by atoms with Crippen LogP contribution in [0.5, 0.6) is 0 Å². The SMILES string of the molecule is O=C(C[NH+]1CCC[C@@H](c2nc3ccccc3s2)C1)NCCc1c[nH]c2ccccc12. The number of piperidine rings is 1. The fraction of sp³-hybridized carbons (Fsp3) is 0.333. The predicted octanol–water partition coefficient (Wildman–Crippen LogP) is 2.90. The van der Waals surface area contributed by atoms with Crippen LogP contribution in [0.4, 0.5) is 0 Å². The zero-order valence-corrected chi connectivity index (χ0v) is 17.8. The Hall–Kier alpha value is -2.70. The molecule has 30 heavy (non-hydrogen) atoms. The van der Waals surface area contributed by atoms with E-state index < -0.39 is 0 Å². The molecule has 1 aliphatic rings. The molecule has 0 radical (unpaired) electrons. The number of likely N-dealkylation sites (tertiary alicyclic amines) is 1. The third-order valence-corrected chi connectivity index (χ3v) is 7.28. The van der Waals surface area contributed by atoms with Gasteiger partial charge in [-0.05, 0) is 43.0 Å². The second-order valence-corrected chi connectivity index (χ2v) is 9.26. The van der Waals surface area contributed by atoms with E-state index in [1.807, 2.05) is 23.5 Å². The number of aromatic nitrogens is 2. The Morgan fingerprint density at radius 2 is 2.07 bits per heavy atom. The van der Waals surface area contributed by atoms with Gasteiger partial charge in [-0.1, -0.05) is 30.3 Å². The highest BCUT2D eigenvalue weighted by Crippen LogP contribution is 2.30. The number of aromatic amines is 1. The lowest BCUT2D eigenvalue weighted by molar-refractivity contribution is -0.898. The second-order valence-electron chi connectivity index (χ2n) is 8.20. The first-order chi connectivity index (χ1) is 14.8. The third-order valence-electron chi connectivity index (χ3n) is 6.08. The Kier molecular flexibility index (Phi) is 5.51. The number of quaternary nitrogens is 1. The number of hydrogen-bond acceptors (Lipinski definition) is 3. The number of benzene rings is 2. The summed E-state index contributed by atoms with van der Waals surface area (Å²) in [5, 5.41) is 5.59. The quantitative estimate of drug-likeness (QED) is 0.450. The molecule has 6 heteroatoms. The van der Waals surface area contributed by atoms with Gasteiger partial charge in [-0.25, -0.2) is 4.98 Å². The highest BCUT2D eigenvalue weighted by Gasteiger charge is 2.28. The molecule has 0 saturated carbocycles. The highest BCUT2D eigenvalue weighted by molar-refractivity contribution is 7.18. The molecular weight excluding hydrogens is 392 g/mol. The molecule has 0 bridgehead atoms. The van der Waals surface area contributed by atoms with E-state index in [0.717, 1.165) is 37.0 Å². The minimum atomic E-state index is 0.148. The lowest BCUT2D eigenvalue weighted by Gasteiger charge is -2.28. The Bertz CT molecular complexity index is 1130. The predicted molar refractivity (Wildman–Crippen MR) is 122 cm³/mol. The summed E-state index contributed by atoms with van der Waals surface area (Å²) < 4.78 is 1.26. The average Bonchev–Trinajstić information content (AvgIpc) is 3.38. The van der Waals surface area contributed by atoms with Crippen molar-refractivity contribution in [3.8, 4) is 0 Å². The fourth-order valence-electron chi connectivity index (χ4n) is 4.55. The van der Waals surface area contributed by atoms with E-state index in [0.29, 0.717) is 19.0 Å². The van der Waals surface area contributed by atoms with Gasteiger partial charge in [-0.3, -0.25) is 4.79 Å². The first-order valence-corrected chi connectivity index (χ1v) is 11.6. The number of nitrogens with one attached hydrogen (secondary N) is 3. The number of thiazole rings is 1. The average molecular weight is 420 g/mol. The maximum atomic E-state index is 12.5. The molecule has 4 aromatic rings. The molecule has 0 aliphatic carbocycles. The van der Waals surface area contributed by atoms with Crippen LogP contribution in [0.1, 0.15) is 29.3 Å². The summed E-state index contributed by atoms with van der Waals surface area (Å²) in [6.07, 6.45) is 5.22. The Balaban J connectivity index is 1.14. The zero-order chi connectivity index (χ0) is 20.3. The molecule has 1 fully saturated rings. The number of rotatable bonds is 6. The van der Waals surface area contributed by atoms with Crippen molar-refractivity contribution in [3.63, 3.8) is 0 Å². The van der Waals surface area contributed by atoms with E-state index in [2.05, 4.69) is 52.9 Å². The van der Waals surface area contributed by atoms with Crippen LogP contribution < -0.4 is 10.2 Å². The van der Waals surface area contributed by atoms with Gasteiger partial charge in [0.15, 0.2) is 6.54 Å². The lowest BCUT2D eigenvalue weighted by Crippen LogP contribution is -3.14. The summed E-state index contributed by atoms with van der Waals surface area (Å²) in [5.41, 5.74) is 3.50. The molecule has 2 aromatic carbocycles. The molecule has 1 saturated heterocycles. The largest absolute Gasteiger partial charge is 0.361 e. The minimum absolute atomic E-state index is 0.148. The van der Waals surface area contributed by atoms with Crippen molar-refractivity contribution in [1.82, 2.24) is 15.3 Å². The number of para-hydroxylation sites is 2. The molecule has 3 N–H and O–H groups in total. The molecule has 0 spiro atoms. The van der Waals surface area contributed by atoms with Gasteiger partial charge >= 0.3 is 0 Å². The van der Waals surface area contributed by atoms with Crippen LogP contribution in [-0.2, 0) is 11.2 Å². The number of amides is 1. The first-order valence-electron chi connectivity index (χ1n) is 10.8.